The zero-order valence-electron chi connectivity index (χ0n) is 6.66. The van der Waals surface area contributed by atoms with Crippen molar-refractivity contribution in [3.63, 3.8) is 0 Å². The Morgan fingerprint density at radius 1 is 1.17 bits per heavy atom. The van der Waals surface area contributed by atoms with E-state index in [2.05, 4.69) is 6.08 Å². The number of rotatable bonds is 0. The SMILES string of the molecule is C1=Cc2ccccc2OC1.N.[Mn]. The quantitative estimate of drug-likeness (QED) is 0.658. The van der Waals surface area contributed by atoms with E-state index in [4.69, 9.17) is 4.74 Å². The second-order valence-corrected chi connectivity index (χ2v) is 2.25. The smallest absolute Gasteiger partial charge is 0.126 e. The van der Waals surface area contributed by atoms with Gasteiger partial charge in [0.25, 0.3) is 0 Å². The van der Waals surface area contributed by atoms with E-state index in [1.165, 1.54) is 5.56 Å². The van der Waals surface area contributed by atoms with Crippen molar-refractivity contribution in [3.05, 3.63) is 35.9 Å². The molecule has 0 saturated carbocycles. The molecule has 0 saturated heterocycles. The summed E-state index contributed by atoms with van der Waals surface area (Å²) in [5.74, 6) is 0.991. The Morgan fingerprint density at radius 2 is 1.92 bits per heavy atom. The van der Waals surface area contributed by atoms with E-state index in [-0.39, 0.29) is 23.2 Å². The zero-order valence-corrected chi connectivity index (χ0v) is 7.84. The van der Waals surface area contributed by atoms with E-state index in [0.29, 0.717) is 6.61 Å². The maximum atomic E-state index is 5.34. The monoisotopic (exact) mass is 204 g/mol. The molecule has 2 rings (SSSR count). The van der Waals surface area contributed by atoms with Crippen LogP contribution >= 0.6 is 0 Å². The second kappa shape index (κ2) is 4.99. The number of hydrogen-bond donors (Lipinski definition) is 1. The summed E-state index contributed by atoms with van der Waals surface area (Å²) in [6.45, 7) is 0.705. The van der Waals surface area contributed by atoms with Gasteiger partial charge in [0.05, 0.1) is 0 Å². The van der Waals surface area contributed by atoms with Crippen LogP contribution in [0.2, 0.25) is 0 Å². The van der Waals surface area contributed by atoms with Crippen LogP contribution in [-0.2, 0) is 17.1 Å². The molecule has 1 aliphatic heterocycles. The summed E-state index contributed by atoms with van der Waals surface area (Å²) in [5, 5.41) is 0. The summed E-state index contributed by atoms with van der Waals surface area (Å²) < 4.78 is 5.34. The minimum absolute atomic E-state index is 0. The minimum atomic E-state index is 0. The maximum Gasteiger partial charge on any atom is 0.126 e. The molecular weight excluding hydrogens is 193 g/mol. The summed E-state index contributed by atoms with van der Waals surface area (Å²) in [6, 6.07) is 8.03. The van der Waals surface area contributed by atoms with Gasteiger partial charge in [0.1, 0.15) is 12.4 Å². The maximum absolute atomic E-state index is 5.34. The van der Waals surface area contributed by atoms with Crippen LogP contribution in [-0.4, -0.2) is 6.61 Å². The Hall–Kier alpha value is -0.761. The summed E-state index contributed by atoms with van der Waals surface area (Å²) in [6.07, 6.45) is 4.10. The number of para-hydroxylation sites is 1. The Kier molecular flexibility index (Phi) is 4.67. The third kappa shape index (κ3) is 2.11. The van der Waals surface area contributed by atoms with Crippen LogP contribution < -0.4 is 10.9 Å². The van der Waals surface area contributed by atoms with Crippen molar-refractivity contribution < 1.29 is 21.8 Å². The minimum Gasteiger partial charge on any atom is -0.489 e. The van der Waals surface area contributed by atoms with Gasteiger partial charge in [-0.25, -0.2) is 0 Å². The number of ether oxygens (including phenoxy) is 1. The number of fused-ring (bicyclic) bond motifs is 1. The van der Waals surface area contributed by atoms with Gasteiger partial charge in [-0.3, -0.25) is 0 Å². The molecule has 2 nitrogen and oxygen atoms in total. The fraction of sp³-hybridized carbons (Fsp3) is 0.111. The van der Waals surface area contributed by atoms with Gasteiger partial charge in [-0.05, 0) is 12.1 Å². The van der Waals surface area contributed by atoms with Gasteiger partial charge in [-0.1, -0.05) is 24.3 Å². The first-order chi connectivity index (χ1) is 4.97. The van der Waals surface area contributed by atoms with E-state index < -0.39 is 0 Å². The van der Waals surface area contributed by atoms with Crippen LogP contribution in [0.15, 0.2) is 30.3 Å². The van der Waals surface area contributed by atoms with Crippen LogP contribution in [0.3, 0.4) is 0 Å². The fourth-order valence-electron chi connectivity index (χ4n) is 1.06. The van der Waals surface area contributed by atoms with Crippen LogP contribution in [0.4, 0.5) is 0 Å². The molecular formula is C9H11MnNO. The summed E-state index contributed by atoms with van der Waals surface area (Å²) in [5.41, 5.74) is 1.17. The predicted octanol–water partition coefficient (Wildman–Crippen LogP) is 2.25. The molecule has 0 fully saturated rings. The second-order valence-electron chi connectivity index (χ2n) is 2.25. The van der Waals surface area contributed by atoms with Crippen LogP contribution in [0, 0.1) is 0 Å². The largest absolute Gasteiger partial charge is 0.489 e. The van der Waals surface area contributed by atoms with E-state index >= 15 is 0 Å². The van der Waals surface area contributed by atoms with E-state index in [9.17, 15) is 0 Å². The third-order valence-corrected chi connectivity index (χ3v) is 1.55. The molecule has 0 bridgehead atoms. The average molecular weight is 204 g/mol. The van der Waals surface area contributed by atoms with Crippen molar-refractivity contribution in [2.24, 2.45) is 0 Å². The topological polar surface area (TPSA) is 44.2 Å². The van der Waals surface area contributed by atoms with E-state index in [1.807, 2.05) is 30.3 Å². The Labute approximate surface area is 82.7 Å². The summed E-state index contributed by atoms with van der Waals surface area (Å²) >= 11 is 0. The molecule has 65 valence electrons. The number of benzene rings is 1. The summed E-state index contributed by atoms with van der Waals surface area (Å²) in [7, 11) is 0. The zero-order chi connectivity index (χ0) is 6.81. The van der Waals surface area contributed by atoms with E-state index in [1.54, 1.807) is 0 Å². The standard InChI is InChI=1S/C9H8O.Mn.H3N/c1-2-6-9-8(4-1)5-3-7-10-9;;/h1-6H,7H2;;1H3. The first-order valence-corrected chi connectivity index (χ1v) is 3.35. The van der Waals surface area contributed by atoms with Crippen LogP contribution in [0.25, 0.3) is 6.08 Å². The van der Waals surface area contributed by atoms with Gasteiger partial charge < -0.3 is 10.9 Å². The first kappa shape index (κ1) is 11.2. The molecule has 1 aromatic rings. The first-order valence-electron chi connectivity index (χ1n) is 3.35. The Balaban J connectivity index is 0.000000605. The third-order valence-electron chi connectivity index (χ3n) is 1.55. The van der Waals surface area contributed by atoms with Gasteiger partial charge in [-0.2, -0.15) is 0 Å². The molecule has 1 radical (unpaired) electrons. The van der Waals surface area contributed by atoms with Crippen LogP contribution in [0.5, 0.6) is 5.75 Å². The molecule has 0 aliphatic carbocycles. The molecule has 1 heterocycles. The fourth-order valence-corrected chi connectivity index (χ4v) is 1.06. The van der Waals surface area contributed by atoms with Gasteiger partial charge in [0.15, 0.2) is 0 Å². The van der Waals surface area contributed by atoms with Gasteiger partial charge in [-0.15, -0.1) is 0 Å². The van der Waals surface area contributed by atoms with E-state index in [0.717, 1.165) is 5.75 Å². The molecule has 0 aromatic heterocycles. The molecule has 0 unspecified atom stereocenters. The average Bonchev–Trinajstić information content (AvgIpc) is 2.05. The molecule has 0 atom stereocenters. The molecule has 1 aliphatic rings. The van der Waals surface area contributed by atoms with Crippen molar-refractivity contribution in [2.45, 2.75) is 0 Å². The van der Waals surface area contributed by atoms with Gasteiger partial charge >= 0.3 is 0 Å². The van der Waals surface area contributed by atoms with Crippen molar-refractivity contribution in [3.8, 4) is 5.75 Å². The van der Waals surface area contributed by atoms with Gasteiger partial charge in [0.2, 0.25) is 0 Å². The Morgan fingerprint density at radius 3 is 2.67 bits per heavy atom. The van der Waals surface area contributed by atoms with Crippen molar-refractivity contribution >= 4 is 6.08 Å². The normalized spacial score (nSPS) is 11.7. The predicted molar refractivity (Wildman–Crippen MR) is 46.0 cm³/mol. The number of hydrogen-bond acceptors (Lipinski definition) is 2. The molecule has 0 amide bonds. The molecule has 3 N–H and O–H groups in total. The van der Waals surface area contributed by atoms with Crippen molar-refractivity contribution in [1.82, 2.24) is 6.15 Å². The van der Waals surface area contributed by atoms with Crippen molar-refractivity contribution in [1.29, 1.82) is 0 Å². The molecule has 12 heavy (non-hydrogen) atoms. The molecule has 0 spiro atoms. The van der Waals surface area contributed by atoms with Crippen molar-refractivity contribution in [2.75, 3.05) is 6.61 Å². The van der Waals surface area contributed by atoms with Crippen LogP contribution in [0.1, 0.15) is 5.56 Å². The molecule has 1 aromatic carbocycles. The Bertz CT molecular complexity index is 273. The summed E-state index contributed by atoms with van der Waals surface area (Å²) in [4.78, 5) is 0. The molecule has 3 heteroatoms. The van der Waals surface area contributed by atoms with Gasteiger partial charge in [0, 0.05) is 22.6 Å².